The Kier molecular flexibility index (Phi) is 6.10. The molecule has 0 aliphatic heterocycles. The second kappa shape index (κ2) is 8.89. The monoisotopic (exact) mass is 364 g/mol. The molecule has 1 heterocycles. The number of hydrogen-bond acceptors (Lipinski definition) is 4. The first-order chi connectivity index (χ1) is 13.2. The van der Waals surface area contributed by atoms with Gasteiger partial charge in [0.15, 0.2) is 0 Å². The van der Waals surface area contributed by atoms with E-state index >= 15 is 0 Å². The molecule has 0 atom stereocenters. The summed E-state index contributed by atoms with van der Waals surface area (Å²) in [6, 6.07) is 16.1. The van der Waals surface area contributed by atoms with Crippen LogP contribution in [0.5, 0.6) is 0 Å². The van der Waals surface area contributed by atoms with Crippen molar-refractivity contribution in [3.05, 3.63) is 89.5 Å². The molecule has 0 aliphatic carbocycles. The van der Waals surface area contributed by atoms with Crippen LogP contribution in [0.1, 0.15) is 28.4 Å². The second-order valence-electron chi connectivity index (χ2n) is 6.08. The molecule has 0 bridgehead atoms. The van der Waals surface area contributed by atoms with Crippen LogP contribution in [-0.2, 0) is 13.1 Å². The number of hydrogen-bond donors (Lipinski definition) is 1. The Balaban J connectivity index is 1.61. The van der Waals surface area contributed by atoms with Crippen molar-refractivity contribution in [2.24, 2.45) is 0 Å². The number of carbonyl (C=O) groups is 1. The highest BCUT2D eigenvalue weighted by molar-refractivity contribution is 5.93. The number of halogens is 1. The molecule has 5 nitrogen and oxygen atoms in total. The van der Waals surface area contributed by atoms with Crippen molar-refractivity contribution < 1.29 is 9.18 Å². The quantitative estimate of drug-likeness (QED) is 0.691. The third kappa shape index (κ3) is 5.10. The lowest BCUT2D eigenvalue weighted by Gasteiger charge is -2.20. The van der Waals surface area contributed by atoms with Gasteiger partial charge in [-0.25, -0.2) is 14.4 Å². The van der Waals surface area contributed by atoms with Crippen LogP contribution in [0.4, 0.5) is 10.3 Å². The Morgan fingerprint density at radius 2 is 1.67 bits per heavy atom. The third-order valence-corrected chi connectivity index (χ3v) is 4.15. The molecule has 0 saturated heterocycles. The van der Waals surface area contributed by atoms with Gasteiger partial charge in [0.25, 0.3) is 5.91 Å². The van der Waals surface area contributed by atoms with Gasteiger partial charge in [0, 0.05) is 32.0 Å². The lowest BCUT2D eigenvalue weighted by molar-refractivity contribution is 0.0751. The highest BCUT2D eigenvalue weighted by Gasteiger charge is 2.15. The van der Waals surface area contributed by atoms with Gasteiger partial charge in [0.05, 0.1) is 5.56 Å². The fourth-order valence-electron chi connectivity index (χ4n) is 2.63. The largest absolute Gasteiger partial charge is 0.350 e. The molecule has 3 rings (SSSR count). The van der Waals surface area contributed by atoms with Crippen LogP contribution in [0.2, 0.25) is 0 Å². The number of nitrogens with zero attached hydrogens (tertiary/aromatic N) is 3. The number of anilines is 1. The van der Waals surface area contributed by atoms with Crippen molar-refractivity contribution in [1.82, 2.24) is 14.9 Å². The highest BCUT2D eigenvalue weighted by Crippen LogP contribution is 2.11. The SMILES string of the molecule is CCN(Cc1ccccc1)C(=O)c1cnc(NCc2ccc(F)cc2)nc1. The van der Waals surface area contributed by atoms with E-state index in [2.05, 4.69) is 15.3 Å². The number of nitrogens with one attached hydrogen (secondary N) is 1. The maximum absolute atomic E-state index is 12.9. The topological polar surface area (TPSA) is 58.1 Å². The van der Waals surface area contributed by atoms with Crippen molar-refractivity contribution in [2.45, 2.75) is 20.0 Å². The summed E-state index contributed by atoms with van der Waals surface area (Å²) in [6.07, 6.45) is 3.05. The average molecular weight is 364 g/mol. The summed E-state index contributed by atoms with van der Waals surface area (Å²) in [5.41, 5.74) is 2.44. The maximum Gasteiger partial charge on any atom is 0.257 e. The molecule has 1 amide bonds. The van der Waals surface area contributed by atoms with Crippen LogP contribution in [0.15, 0.2) is 67.0 Å². The maximum atomic E-state index is 12.9. The minimum Gasteiger partial charge on any atom is -0.350 e. The van der Waals surface area contributed by atoms with Crippen molar-refractivity contribution >= 4 is 11.9 Å². The Labute approximate surface area is 157 Å². The Morgan fingerprint density at radius 1 is 1.00 bits per heavy atom. The van der Waals surface area contributed by atoms with E-state index in [0.717, 1.165) is 11.1 Å². The van der Waals surface area contributed by atoms with Gasteiger partial charge < -0.3 is 10.2 Å². The lowest BCUT2D eigenvalue weighted by Crippen LogP contribution is -2.30. The zero-order valence-electron chi connectivity index (χ0n) is 15.1. The molecule has 0 unspecified atom stereocenters. The minimum absolute atomic E-state index is 0.105. The molecule has 1 N–H and O–H groups in total. The molecule has 0 radical (unpaired) electrons. The van der Waals surface area contributed by atoms with Crippen molar-refractivity contribution in [1.29, 1.82) is 0 Å². The molecule has 0 aliphatic rings. The van der Waals surface area contributed by atoms with E-state index < -0.39 is 0 Å². The van der Waals surface area contributed by atoms with Gasteiger partial charge in [0.1, 0.15) is 5.82 Å². The fraction of sp³-hybridized carbons (Fsp3) is 0.190. The first-order valence-electron chi connectivity index (χ1n) is 8.79. The number of amides is 1. The van der Waals surface area contributed by atoms with Crippen LogP contribution in [0.3, 0.4) is 0 Å². The number of carbonyl (C=O) groups excluding carboxylic acids is 1. The van der Waals surface area contributed by atoms with E-state index in [4.69, 9.17) is 0 Å². The van der Waals surface area contributed by atoms with Crippen LogP contribution in [0.25, 0.3) is 0 Å². The molecule has 0 fully saturated rings. The molecule has 3 aromatic rings. The first kappa shape index (κ1) is 18.5. The number of benzene rings is 2. The van der Waals surface area contributed by atoms with Gasteiger partial charge in [-0.05, 0) is 30.2 Å². The Morgan fingerprint density at radius 3 is 2.30 bits per heavy atom. The molecule has 0 saturated carbocycles. The number of aromatic nitrogens is 2. The molecule has 138 valence electrons. The summed E-state index contributed by atoms with van der Waals surface area (Å²) in [5, 5.41) is 3.06. The molecule has 6 heteroatoms. The zero-order valence-corrected chi connectivity index (χ0v) is 15.1. The van der Waals surface area contributed by atoms with E-state index in [1.807, 2.05) is 37.3 Å². The molecule has 27 heavy (non-hydrogen) atoms. The van der Waals surface area contributed by atoms with Crippen LogP contribution in [0, 0.1) is 5.82 Å². The van der Waals surface area contributed by atoms with E-state index in [1.54, 1.807) is 17.0 Å². The van der Waals surface area contributed by atoms with Crippen molar-refractivity contribution in [3.63, 3.8) is 0 Å². The number of rotatable bonds is 7. The first-order valence-corrected chi connectivity index (χ1v) is 8.79. The van der Waals surface area contributed by atoms with Gasteiger partial charge >= 0.3 is 0 Å². The fourth-order valence-corrected chi connectivity index (χ4v) is 2.63. The Hall–Kier alpha value is -3.28. The van der Waals surface area contributed by atoms with E-state index in [1.165, 1.54) is 24.5 Å². The van der Waals surface area contributed by atoms with Crippen molar-refractivity contribution in [3.8, 4) is 0 Å². The summed E-state index contributed by atoms with van der Waals surface area (Å²) in [5.74, 6) is 0.0438. The normalized spacial score (nSPS) is 10.4. The van der Waals surface area contributed by atoms with Gasteiger partial charge in [-0.15, -0.1) is 0 Å². The molecule has 2 aromatic carbocycles. The van der Waals surface area contributed by atoms with Crippen LogP contribution in [-0.4, -0.2) is 27.3 Å². The zero-order chi connectivity index (χ0) is 19.1. The molecular weight excluding hydrogens is 343 g/mol. The van der Waals surface area contributed by atoms with Crippen LogP contribution < -0.4 is 5.32 Å². The van der Waals surface area contributed by atoms with E-state index in [-0.39, 0.29) is 11.7 Å². The third-order valence-electron chi connectivity index (χ3n) is 4.15. The summed E-state index contributed by atoms with van der Waals surface area (Å²) in [6.45, 7) is 3.56. The van der Waals surface area contributed by atoms with Gasteiger partial charge in [0.2, 0.25) is 5.95 Å². The standard InChI is InChI=1S/C21H21FN4O/c1-2-26(15-17-6-4-3-5-7-17)20(27)18-13-24-21(25-14-18)23-12-16-8-10-19(22)11-9-16/h3-11,13-14H,2,12,15H2,1H3,(H,23,24,25). The summed E-state index contributed by atoms with van der Waals surface area (Å²) >= 11 is 0. The summed E-state index contributed by atoms with van der Waals surface area (Å²) in [7, 11) is 0. The van der Waals surface area contributed by atoms with E-state index in [9.17, 15) is 9.18 Å². The predicted molar refractivity (Wildman–Crippen MR) is 103 cm³/mol. The van der Waals surface area contributed by atoms with E-state index in [0.29, 0.717) is 31.1 Å². The average Bonchev–Trinajstić information content (AvgIpc) is 2.72. The second-order valence-corrected chi connectivity index (χ2v) is 6.08. The smallest absolute Gasteiger partial charge is 0.257 e. The van der Waals surface area contributed by atoms with Crippen LogP contribution >= 0.6 is 0 Å². The molecule has 0 spiro atoms. The highest BCUT2D eigenvalue weighted by atomic mass is 19.1. The lowest BCUT2D eigenvalue weighted by atomic mass is 10.2. The summed E-state index contributed by atoms with van der Waals surface area (Å²) < 4.78 is 12.9. The Bertz CT molecular complexity index is 867. The van der Waals surface area contributed by atoms with Gasteiger partial charge in [-0.2, -0.15) is 0 Å². The van der Waals surface area contributed by atoms with Crippen molar-refractivity contribution in [2.75, 3.05) is 11.9 Å². The molecule has 1 aromatic heterocycles. The minimum atomic E-state index is -0.270. The summed E-state index contributed by atoms with van der Waals surface area (Å²) in [4.78, 5) is 22.9. The van der Waals surface area contributed by atoms with Gasteiger partial charge in [-0.1, -0.05) is 42.5 Å². The molecular formula is C21H21FN4O. The van der Waals surface area contributed by atoms with Gasteiger partial charge in [-0.3, -0.25) is 4.79 Å². The predicted octanol–water partition coefficient (Wildman–Crippen LogP) is 3.89.